The lowest BCUT2D eigenvalue weighted by molar-refractivity contribution is 0.283. The molecule has 3 rings (SSSR count). The first-order chi connectivity index (χ1) is 12.3. The number of nitrogens with one attached hydrogen (secondary N) is 1. The summed E-state index contributed by atoms with van der Waals surface area (Å²) in [5.41, 5.74) is 5.35. The number of benzene rings is 2. The molecule has 0 radical (unpaired) electrons. The third kappa shape index (κ3) is 4.50. The van der Waals surface area contributed by atoms with Crippen LogP contribution in [0.1, 0.15) is 36.0 Å². The number of aliphatic hydroxyl groups excluding tert-OH is 1. The monoisotopic (exact) mass is 336 g/mol. The fraction of sp³-hybridized carbons (Fsp3) is 0.364. The predicted molar refractivity (Wildman–Crippen MR) is 105 cm³/mol. The molecule has 0 saturated carbocycles. The van der Waals surface area contributed by atoms with E-state index in [0.717, 1.165) is 38.9 Å². The smallest absolute Gasteiger partial charge is 0.0486 e. The van der Waals surface area contributed by atoms with E-state index < -0.39 is 0 Å². The average Bonchev–Trinajstić information content (AvgIpc) is 2.98. The molecule has 0 atom stereocenters. The Hall–Kier alpha value is -2.10. The molecule has 2 N–H and O–H groups in total. The Labute approximate surface area is 150 Å². The molecule has 3 heteroatoms. The maximum Gasteiger partial charge on any atom is 0.0486 e. The first kappa shape index (κ1) is 17.7. The maximum atomic E-state index is 8.84. The lowest BCUT2D eigenvalue weighted by Crippen LogP contribution is -2.14. The quantitative estimate of drug-likeness (QED) is 0.573. The van der Waals surface area contributed by atoms with E-state index in [1.54, 1.807) is 0 Å². The van der Waals surface area contributed by atoms with Gasteiger partial charge in [-0.05, 0) is 55.5 Å². The van der Waals surface area contributed by atoms with Gasteiger partial charge in [0.2, 0.25) is 0 Å². The van der Waals surface area contributed by atoms with E-state index in [4.69, 9.17) is 5.11 Å². The summed E-state index contributed by atoms with van der Waals surface area (Å²) in [6, 6.07) is 17.2. The Balaban J connectivity index is 1.73. The van der Waals surface area contributed by atoms with E-state index in [1.807, 2.05) is 0 Å². The molecule has 3 aromatic rings. The molecule has 0 aliphatic heterocycles. The summed E-state index contributed by atoms with van der Waals surface area (Å²) in [6.07, 6.45) is 5.39. The van der Waals surface area contributed by atoms with Crippen LogP contribution in [0, 0.1) is 6.92 Å². The van der Waals surface area contributed by atoms with E-state index in [2.05, 4.69) is 71.5 Å². The van der Waals surface area contributed by atoms with Crippen LogP contribution < -0.4 is 5.32 Å². The van der Waals surface area contributed by atoms with Crippen molar-refractivity contribution in [3.8, 4) is 0 Å². The number of aryl methyl sites for hydroxylation is 1. The van der Waals surface area contributed by atoms with Gasteiger partial charge in [0, 0.05) is 36.8 Å². The molecule has 0 amide bonds. The van der Waals surface area contributed by atoms with E-state index in [1.165, 1.54) is 27.6 Å². The molecule has 0 bridgehead atoms. The number of para-hydroxylation sites is 1. The Morgan fingerprint density at radius 3 is 2.56 bits per heavy atom. The van der Waals surface area contributed by atoms with Gasteiger partial charge in [-0.3, -0.25) is 0 Å². The molecular formula is C22H28N2O. The summed E-state index contributed by atoms with van der Waals surface area (Å²) in [6.45, 7) is 5.27. The normalized spacial score (nSPS) is 11.3. The van der Waals surface area contributed by atoms with Gasteiger partial charge >= 0.3 is 0 Å². The maximum absolute atomic E-state index is 8.84. The van der Waals surface area contributed by atoms with Gasteiger partial charge in [0.15, 0.2) is 0 Å². The molecule has 0 aliphatic rings. The topological polar surface area (TPSA) is 37.2 Å². The molecule has 0 aliphatic carbocycles. The van der Waals surface area contributed by atoms with Crippen molar-refractivity contribution >= 4 is 10.9 Å². The van der Waals surface area contributed by atoms with Gasteiger partial charge in [-0.1, -0.05) is 42.5 Å². The van der Waals surface area contributed by atoms with Crippen LogP contribution in [0.25, 0.3) is 10.9 Å². The van der Waals surface area contributed by atoms with Crippen LogP contribution in [0.2, 0.25) is 0 Å². The Morgan fingerprint density at radius 2 is 1.72 bits per heavy atom. The van der Waals surface area contributed by atoms with Gasteiger partial charge in [0.05, 0.1) is 0 Å². The van der Waals surface area contributed by atoms with Crippen molar-refractivity contribution in [2.45, 2.75) is 39.3 Å². The molecule has 132 valence electrons. The number of nitrogens with zero attached hydrogens (tertiary/aromatic N) is 1. The van der Waals surface area contributed by atoms with Gasteiger partial charge in [-0.15, -0.1) is 0 Å². The number of aliphatic hydroxyl groups is 1. The van der Waals surface area contributed by atoms with Crippen molar-refractivity contribution in [1.82, 2.24) is 9.88 Å². The Bertz CT molecular complexity index is 807. The van der Waals surface area contributed by atoms with Crippen molar-refractivity contribution < 1.29 is 5.11 Å². The summed E-state index contributed by atoms with van der Waals surface area (Å²) < 4.78 is 2.36. The number of rotatable bonds is 9. The molecule has 0 fully saturated rings. The van der Waals surface area contributed by atoms with E-state index >= 15 is 0 Å². The molecule has 1 aromatic heterocycles. The number of fused-ring (bicyclic) bond motifs is 1. The van der Waals surface area contributed by atoms with Crippen molar-refractivity contribution in [2.24, 2.45) is 0 Å². The van der Waals surface area contributed by atoms with Crippen LogP contribution in [0.4, 0.5) is 0 Å². The Kier molecular flexibility index (Phi) is 6.26. The summed E-state index contributed by atoms with van der Waals surface area (Å²) in [7, 11) is 0. The zero-order chi connectivity index (χ0) is 17.5. The Morgan fingerprint density at radius 1 is 0.920 bits per heavy atom. The van der Waals surface area contributed by atoms with Gasteiger partial charge in [0.1, 0.15) is 0 Å². The second kappa shape index (κ2) is 8.84. The van der Waals surface area contributed by atoms with Crippen LogP contribution in [0.5, 0.6) is 0 Å². The largest absolute Gasteiger partial charge is 0.396 e. The van der Waals surface area contributed by atoms with Gasteiger partial charge in [-0.2, -0.15) is 0 Å². The second-order valence-electron chi connectivity index (χ2n) is 6.69. The highest BCUT2D eigenvalue weighted by molar-refractivity contribution is 5.84. The van der Waals surface area contributed by atoms with Crippen LogP contribution in [0.3, 0.4) is 0 Å². The van der Waals surface area contributed by atoms with E-state index in [-0.39, 0.29) is 0 Å². The molecule has 0 saturated heterocycles. The highest BCUT2D eigenvalue weighted by atomic mass is 16.2. The van der Waals surface area contributed by atoms with Gasteiger partial charge in [-0.25, -0.2) is 0 Å². The summed E-state index contributed by atoms with van der Waals surface area (Å²) in [5, 5.41) is 13.7. The molecular weight excluding hydrogens is 308 g/mol. The zero-order valence-electron chi connectivity index (χ0n) is 15.0. The minimum Gasteiger partial charge on any atom is -0.396 e. The van der Waals surface area contributed by atoms with Gasteiger partial charge < -0.3 is 15.0 Å². The van der Waals surface area contributed by atoms with Crippen LogP contribution in [-0.4, -0.2) is 22.8 Å². The highest BCUT2D eigenvalue weighted by Gasteiger charge is 2.09. The van der Waals surface area contributed by atoms with Crippen LogP contribution >= 0.6 is 0 Å². The van der Waals surface area contributed by atoms with E-state index in [9.17, 15) is 0 Å². The molecule has 0 spiro atoms. The molecule has 25 heavy (non-hydrogen) atoms. The van der Waals surface area contributed by atoms with Crippen molar-refractivity contribution in [1.29, 1.82) is 0 Å². The molecule has 3 nitrogen and oxygen atoms in total. The molecule has 2 aromatic carbocycles. The lowest BCUT2D eigenvalue weighted by Gasteiger charge is -2.08. The van der Waals surface area contributed by atoms with Crippen LogP contribution in [0.15, 0.2) is 54.7 Å². The average molecular weight is 336 g/mol. The standard InChI is InChI=1S/C22H28N2O/c1-18-9-3-4-10-19(18)16-24-17-20(15-23-13-7-2-8-14-25)21-11-5-6-12-22(21)24/h3-6,9-12,17,23,25H,2,7-8,13-16H2,1H3. The van der Waals surface area contributed by atoms with Crippen molar-refractivity contribution in [3.63, 3.8) is 0 Å². The third-order valence-electron chi connectivity index (χ3n) is 4.80. The predicted octanol–water partition coefficient (Wildman–Crippen LogP) is 4.25. The zero-order valence-corrected chi connectivity index (χ0v) is 15.0. The SMILES string of the molecule is Cc1ccccc1Cn1cc(CNCCCCCO)c2ccccc21. The summed E-state index contributed by atoms with van der Waals surface area (Å²) in [5.74, 6) is 0. The molecule has 1 heterocycles. The third-order valence-corrected chi connectivity index (χ3v) is 4.80. The highest BCUT2D eigenvalue weighted by Crippen LogP contribution is 2.23. The minimum absolute atomic E-state index is 0.298. The first-order valence-corrected chi connectivity index (χ1v) is 9.22. The van der Waals surface area contributed by atoms with Crippen LogP contribution in [-0.2, 0) is 13.1 Å². The number of hydrogen-bond donors (Lipinski definition) is 2. The fourth-order valence-corrected chi connectivity index (χ4v) is 3.33. The lowest BCUT2D eigenvalue weighted by atomic mass is 10.1. The summed E-state index contributed by atoms with van der Waals surface area (Å²) >= 11 is 0. The number of aromatic nitrogens is 1. The van der Waals surface area contributed by atoms with Crippen molar-refractivity contribution in [2.75, 3.05) is 13.2 Å². The van der Waals surface area contributed by atoms with E-state index in [0.29, 0.717) is 6.61 Å². The van der Waals surface area contributed by atoms with Crippen molar-refractivity contribution in [3.05, 3.63) is 71.4 Å². The molecule has 0 unspecified atom stereocenters. The summed E-state index contributed by atoms with van der Waals surface area (Å²) in [4.78, 5) is 0. The first-order valence-electron chi connectivity index (χ1n) is 9.22. The van der Waals surface area contributed by atoms with Gasteiger partial charge in [0.25, 0.3) is 0 Å². The number of hydrogen-bond acceptors (Lipinski definition) is 2. The second-order valence-corrected chi connectivity index (χ2v) is 6.69. The fourth-order valence-electron chi connectivity index (χ4n) is 3.33. The minimum atomic E-state index is 0.298. The number of unbranched alkanes of at least 4 members (excludes halogenated alkanes) is 2.